The molecular formula is C24H19O2P. The van der Waals surface area contributed by atoms with Crippen molar-refractivity contribution in [3.05, 3.63) is 115 Å². The van der Waals surface area contributed by atoms with E-state index in [-0.39, 0.29) is 11.6 Å². The van der Waals surface area contributed by atoms with Gasteiger partial charge in [-0.25, -0.2) is 0 Å². The van der Waals surface area contributed by atoms with Crippen molar-refractivity contribution in [1.82, 2.24) is 0 Å². The molecule has 1 aliphatic carbocycles. The number of benzene rings is 3. The lowest BCUT2D eigenvalue weighted by atomic mass is 10.2. The van der Waals surface area contributed by atoms with Gasteiger partial charge in [0.05, 0.1) is 0 Å². The third-order valence-corrected chi connectivity index (χ3v) is 6.31. The molecular weight excluding hydrogens is 351 g/mol. The highest BCUT2D eigenvalue weighted by Crippen LogP contribution is 2.32. The largest absolute Gasteiger partial charge is 0.290 e. The van der Waals surface area contributed by atoms with Crippen LogP contribution in [0.15, 0.2) is 115 Å². The zero-order chi connectivity index (χ0) is 18.9. The van der Waals surface area contributed by atoms with E-state index < -0.39 is 7.92 Å². The molecule has 0 unspecified atom stereocenters. The smallest absolute Gasteiger partial charge is 0.178 e. The van der Waals surface area contributed by atoms with Crippen molar-refractivity contribution in [1.29, 1.82) is 0 Å². The number of hydrogen-bond donors (Lipinski definition) is 0. The molecule has 3 aromatic carbocycles. The Morgan fingerprint density at radius 1 is 0.407 bits per heavy atom. The fraction of sp³-hybridized carbons (Fsp3) is 0. The summed E-state index contributed by atoms with van der Waals surface area (Å²) in [6.45, 7) is 0. The Labute approximate surface area is 160 Å². The van der Waals surface area contributed by atoms with E-state index in [1.165, 1.54) is 40.2 Å². The topological polar surface area (TPSA) is 34.1 Å². The maximum atomic E-state index is 10.3. The number of carbonyl (C=O) groups excluding carboxylic acids is 2. The molecule has 27 heavy (non-hydrogen) atoms. The molecule has 3 aromatic rings. The SMILES string of the molecule is O=C1C=CC(=O)C=C1.c1ccc(P(c2ccccc2)c2ccccc2)cc1. The van der Waals surface area contributed by atoms with Gasteiger partial charge in [0.2, 0.25) is 0 Å². The summed E-state index contributed by atoms with van der Waals surface area (Å²) in [5.74, 6) is -0.241. The van der Waals surface area contributed by atoms with Crippen LogP contribution in [0.2, 0.25) is 0 Å². The Morgan fingerprint density at radius 3 is 0.926 bits per heavy atom. The summed E-state index contributed by atoms with van der Waals surface area (Å²) in [4.78, 5) is 20.6. The number of ketones is 2. The van der Waals surface area contributed by atoms with E-state index in [0.29, 0.717) is 0 Å². The van der Waals surface area contributed by atoms with Gasteiger partial charge in [-0.2, -0.15) is 0 Å². The van der Waals surface area contributed by atoms with Crippen LogP contribution in [0.1, 0.15) is 0 Å². The average molecular weight is 370 g/mol. The summed E-state index contributed by atoms with van der Waals surface area (Å²) < 4.78 is 0. The maximum absolute atomic E-state index is 10.3. The van der Waals surface area contributed by atoms with Gasteiger partial charge in [-0.3, -0.25) is 9.59 Å². The molecule has 0 aromatic heterocycles. The number of rotatable bonds is 3. The molecule has 132 valence electrons. The molecule has 0 atom stereocenters. The lowest BCUT2D eigenvalue weighted by Crippen LogP contribution is -2.20. The monoisotopic (exact) mass is 370 g/mol. The van der Waals surface area contributed by atoms with E-state index >= 15 is 0 Å². The zero-order valence-corrected chi connectivity index (χ0v) is 15.6. The van der Waals surface area contributed by atoms with Gasteiger partial charge in [-0.15, -0.1) is 0 Å². The minimum atomic E-state index is -0.446. The van der Waals surface area contributed by atoms with Gasteiger partial charge < -0.3 is 0 Å². The molecule has 0 saturated heterocycles. The van der Waals surface area contributed by atoms with Crippen molar-refractivity contribution in [2.75, 3.05) is 0 Å². The Kier molecular flexibility index (Phi) is 6.62. The van der Waals surface area contributed by atoms with Crippen molar-refractivity contribution in [2.24, 2.45) is 0 Å². The van der Waals surface area contributed by atoms with Gasteiger partial charge in [0, 0.05) is 0 Å². The maximum Gasteiger partial charge on any atom is 0.178 e. The van der Waals surface area contributed by atoms with Crippen molar-refractivity contribution in [3.8, 4) is 0 Å². The third-order valence-electron chi connectivity index (χ3n) is 3.87. The Hall–Kier alpha value is -3.09. The van der Waals surface area contributed by atoms with E-state index in [4.69, 9.17) is 0 Å². The Bertz CT molecular complexity index is 814. The van der Waals surface area contributed by atoms with E-state index in [1.54, 1.807) is 0 Å². The normalized spacial score (nSPS) is 12.6. The molecule has 4 rings (SSSR count). The van der Waals surface area contributed by atoms with Gasteiger partial charge >= 0.3 is 0 Å². The molecule has 0 fully saturated rings. The summed E-state index contributed by atoms with van der Waals surface area (Å²) in [6.07, 6.45) is 5.01. The Balaban J connectivity index is 0.000000221. The molecule has 1 aliphatic rings. The van der Waals surface area contributed by atoms with E-state index in [2.05, 4.69) is 91.0 Å². The van der Waals surface area contributed by atoms with Crippen LogP contribution < -0.4 is 15.9 Å². The lowest BCUT2D eigenvalue weighted by Gasteiger charge is -2.18. The average Bonchev–Trinajstić information content (AvgIpc) is 2.73. The molecule has 0 N–H and O–H groups in total. The van der Waals surface area contributed by atoms with Crippen LogP contribution >= 0.6 is 7.92 Å². The van der Waals surface area contributed by atoms with Gasteiger partial charge in [-0.1, -0.05) is 91.0 Å². The minimum Gasteiger partial charge on any atom is -0.290 e. The summed E-state index contributed by atoms with van der Waals surface area (Å²) in [6, 6.07) is 32.3. The first kappa shape index (κ1) is 18.7. The summed E-state index contributed by atoms with van der Waals surface area (Å²) in [5.41, 5.74) is 0. The standard InChI is InChI=1S/C18H15P.C6H4O2/c1-4-10-16(11-5-1)19(17-12-6-2-7-13-17)18-14-8-3-9-15-18;7-5-1-2-6(8)4-3-5/h1-15H;1-4H. The quantitative estimate of drug-likeness (QED) is 0.520. The van der Waals surface area contributed by atoms with Crippen LogP contribution in [-0.2, 0) is 9.59 Å². The lowest BCUT2D eigenvalue weighted by molar-refractivity contribution is -0.113. The Morgan fingerprint density at radius 2 is 0.667 bits per heavy atom. The highest BCUT2D eigenvalue weighted by molar-refractivity contribution is 7.79. The third kappa shape index (κ3) is 5.44. The number of carbonyl (C=O) groups is 2. The van der Waals surface area contributed by atoms with Crippen LogP contribution in [0, 0.1) is 0 Å². The van der Waals surface area contributed by atoms with Crippen LogP contribution in [0.25, 0.3) is 0 Å². The van der Waals surface area contributed by atoms with Crippen LogP contribution in [0.3, 0.4) is 0 Å². The first-order chi connectivity index (χ1) is 13.2. The van der Waals surface area contributed by atoms with Crippen molar-refractivity contribution < 1.29 is 9.59 Å². The van der Waals surface area contributed by atoms with Gasteiger partial charge in [0.1, 0.15) is 0 Å². The summed E-state index contributed by atoms with van der Waals surface area (Å²) >= 11 is 0. The highest BCUT2D eigenvalue weighted by Gasteiger charge is 2.14. The van der Waals surface area contributed by atoms with Crippen molar-refractivity contribution in [2.45, 2.75) is 0 Å². The van der Waals surface area contributed by atoms with Crippen LogP contribution in [-0.4, -0.2) is 11.6 Å². The fourth-order valence-corrected chi connectivity index (χ4v) is 4.92. The molecule has 0 saturated carbocycles. The van der Waals surface area contributed by atoms with Gasteiger partial charge in [0.15, 0.2) is 11.6 Å². The molecule has 0 spiro atoms. The predicted molar refractivity (Wildman–Crippen MR) is 113 cm³/mol. The molecule has 0 heterocycles. The molecule has 0 aliphatic heterocycles. The van der Waals surface area contributed by atoms with Crippen LogP contribution in [0.5, 0.6) is 0 Å². The summed E-state index contributed by atoms with van der Waals surface area (Å²) in [5, 5.41) is 4.19. The van der Waals surface area contributed by atoms with Gasteiger partial charge in [0.25, 0.3) is 0 Å². The molecule has 3 heteroatoms. The van der Waals surface area contributed by atoms with E-state index in [0.717, 1.165) is 0 Å². The minimum absolute atomic E-state index is 0.121. The molecule has 2 nitrogen and oxygen atoms in total. The second-order valence-corrected chi connectivity index (χ2v) is 8.03. The van der Waals surface area contributed by atoms with Crippen molar-refractivity contribution >= 4 is 35.4 Å². The second-order valence-electron chi connectivity index (χ2n) is 5.81. The number of hydrogen-bond acceptors (Lipinski definition) is 2. The summed E-state index contributed by atoms with van der Waals surface area (Å²) in [7, 11) is -0.446. The van der Waals surface area contributed by atoms with E-state index in [1.807, 2.05) is 0 Å². The zero-order valence-electron chi connectivity index (χ0n) is 14.7. The van der Waals surface area contributed by atoms with Crippen molar-refractivity contribution in [3.63, 3.8) is 0 Å². The van der Waals surface area contributed by atoms with E-state index in [9.17, 15) is 9.59 Å². The predicted octanol–water partition coefficient (Wildman–Crippen LogP) is 3.70. The first-order valence-electron chi connectivity index (χ1n) is 8.63. The molecule has 0 radical (unpaired) electrons. The number of allylic oxidation sites excluding steroid dienone is 4. The fourth-order valence-electron chi connectivity index (χ4n) is 2.62. The molecule has 0 amide bonds. The molecule has 0 bridgehead atoms. The second kappa shape index (κ2) is 9.56. The highest BCUT2D eigenvalue weighted by atomic mass is 31.1. The first-order valence-corrected chi connectivity index (χ1v) is 9.97. The van der Waals surface area contributed by atoms with Crippen LogP contribution in [0.4, 0.5) is 0 Å². The van der Waals surface area contributed by atoms with Gasteiger partial charge in [-0.05, 0) is 48.1 Å².